The summed E-state index contributed by atoms with van der Waals surface area (Å²) in [4.78, 5) is 12.9. The van der Waals surface area contributed by atoms with Crippen LogP contribution in [0.4, 0.5) is 11.6 Å². The van der Waals surface area contributed by atoms with E-state index in [-0.39, 0.29) is 0 Å². The third-order valence-electron chi connectivity index (χ3n) is 3.26. The van der Waals surface area contributed by atoms with E-state index in [0.717, 1.165) is 36.3 Å². The maximum atomic E-state index is 4.62. The highest BCUT2D eigenvalue weighted by Crippen LogP contribution is 2.28. The Kier molecular flexibility index (Phi) is 3.61. The van der Waals surface area contributed by atoms with Crippen LogP contribution in [0.2, 0.25) is 0 Å². The van der Waals surface area contributed by atoms with Crippen LogP contribution in [-0.2, 0) is 13.0 Å². The first-order valence-electron chi connectivity index (χ1n) is 6.21. The molecule has 0 spiro atoms. The molecule has 0 amide bonds. The van der Waals surface area contributed by atoms with Crippen molar-refractivity contribution in [1.29, 1.82) is 0 Å². The lowest BCUT2D eigenvalue weighted by Gasteiger charge is -2.28. The van der Waals surface area contributed by atoms with E-state index in [0.29, 0.717) is 0 Å². The molecule has 4 nitrogen and oxygen atoms in total. The molecule has 0 fully saturated rings. The number of nitrogens with one attached hydrogen (secondary N) is 1. The lowest BCUT2D eigenvalue weighted by Crippen LogP contribution is -2.30. The minimum Gasteiger partial charge on any atom is -0.373 e. The average Bonchev–Trinajstić information content (AvgIpc) is 2.94. The van der Waals surface area contributed by atoms with Gasteiger partial charge in [0.05, 0.1) is 0 Å². The summed E-state index contributed by atoms with van der Waals surface area (Å²) >= 11 is 3.44. The fourth-order valence-electron chi connectivity index (χ4n) is 2.24. The summed E-state index contributed by atoms with van der Waals surface area (Å²) in [5.41, 5.74) is 1.44. The van der Waals surface area contributed by atoms with E-state index in [2.05, 4.69) is 31.6 Å². The lowest BCUT2D eigenvalue weighted by atomic mass is 10.1. The van der Waals surface area contributed by atoms with Gasteiger partial charge < -0.3 is 10.2 Å². The van der Waals surface area contributed by atoms with Crippen molar-refractivity contribution < 1.29 is 0 Å². The van der Waals surface area contributed by atoms with Gasteiger partial charge in [-0.25, -0.2) is 9.97 Å². The van der Waals surface area contributed by atoms with E-state index in [1.807, 2.05) is 30.7 Å². The predicted molar refractivity (Wildman–Crippen MR) is 82.4 cm³/mol. The molecule has 0 saturated heterocycles. The van der Waals surface area contributed by atoms with Crippen LogP contribution in [0.3, 0.4) is 0 Å². The fraction of sp³-hybridized carbons (Fsp3) is 0.385. The molecule has 0 aliphatic carbocycles. The number of anilines is 2. The van der Waals surface area contributed by atoms with Crippen molar-refractivity contribution in [3.05, 3.63) is 28.0 Å². The zero-order valence-corrected chi connectivity index (χ0v) is 12.6. The molecule has 1 aliphatic heterocycles. The van der Waals surface area contributed by atoms with Gasteiger partial charge in [-0.3, -0.25) is 0 Å². The summed E-state index contributed by atoms with van der Waals surface area (Å²) < 4.78 is 0. The fourth-order valence-corrected chi connectivity index (χ4v) is 3.50. The lowest BCUT2D eigenvalue weighted by molar-refractivity contribution is 0.722. The number of hydrogen-bond donors (Lipinski definition) is 1. The number of rotatable bonds is 3. The highest BCUT2D eigenvalue weighted by Gasteiger charge is 2.19. The zero-order valence-electron chi connectivity index (χ0n) is 11.0. The van der Waals surface area contributed by atoms with Gasteiger partial charge in [-0.15, -0.1) is 11.3 Å². The molecular weight excluding hydrogens is 276 g/mol. The van der Waals surface area contributed by atoms with E-state index < -0.39 is 0 Å². The Morgan fingerprint density at radius 3 is 3.11 bits per heavy atom. The van der Waals surface area contributed by atoms with Crippen LogP contribution in [0.25, 0.3) is 0 Å². The average molecular weight is 292 g/mol. The molecule has 0 unspecified atom stereocenters. The van der Waals surface area contributed by atoms with Gasteiger partial charge in [0.1, 0.15) is 11.6 Å². The van der Waals surface area contributed by atoms with Crippen molar-refractivity contribution in [2.24, 2.45) is 0 Å². The van der Waals surface area contributed by atoms with Crippen LogP contribution in [0, 0.1) is 0 Å². The molecule has 0 aromatic carbocycles. The Balaban J connectivity index is 1.90. The standard InChI is InChI=1S/C13H16N4S2/c1-14-11-7-12(16-13(15-11)18-2)17-5-3-10-9(8-17)4-6-19-10/h4,6-7H,3,5,8H2,1-2H3,(H,14,15,16). The summed E-state index contributed by atoms with van der Waals surface area (Å²) in [6, 6.07) is 4.25. The third kappa shape index (κ3) is 2.55. The Morgan fingerprint density at radius 2 is 2.32 bits per heavy atom. The van der Waals surface area contributed by atoms with Gasteiger partial charge in [-0.2, -0.15) is 0 Å². The molecule has 6 heteroatoms. The molecule has 2 aromatic heterocycles. The Labute approximate surface area is 121 Å². The molecule has 3 heterocycles. The topological polar surface area (TPSA) is 41.0 Å². The molecule has 100 valence electrons. The monoisotopic (exact) mass is 292 g/mol. The molecule has 2 aromatic rings. The van der Waals surface area contributed by atoms with E-state index >= 15 is 0 Å². The molecule has 0 bridgehead atoms. The SMILES string of the molecule is CNc1cc(N2CCc3sccc3C2)nc(SC)n1. The van der Waals surface area contributed by atoms with Crippen molar-refractivity contribution in [3.63, 3.8) is 0 Å². The van der Waals surface area contributed by atoms with E-state index in [1.165, 1.54) is 10.4 Å². The van der Waals surface area contributed by atoms with Crippen LogP contribution < -0.4 is 10.2 Å². The number of fused-ring (bicyclic) bond motifs is 1. The van der Waals surface area contributed by atoms with Crippen LogP contribution in [0.1, 0.15) is 10.4 Å². The second-order valence-corrected chi connectivity index (χ2v) is 6.16. The number of aromatic nitrogens is 2. The summed E-state index contributed by atoms with van der Waals surface area (Å²) in [6.45, 7) is 1.98. The molecule has 19 heavy (non-hydrogen) atoms. The molecule has 0 radical (unpaired) electrons. The molecule has 0 atom stereocenters. The third-order valence-corrected chi connectivity index (χ3v) is 4.83. The minimum absolute atomic E-state index is 0.818. The first-order chi connectivity index (χ1) is 9.30. The van der Waals surface area contributed by atoms with Gasteiger partial charge in [-0.1, -0.05) is 11.8 Å². The van der Waals surface area contributed by atoms with Gasteiger partial charge in [-0.05, 0) is 29.7 Å². The Hall–Kier alpha value is -1.27. The predicted octanol–water partition coefficient (Wildman–Crippen LogP) is 2.86. The normalized spacial score (nSPS) is 14.3. The molecule has 1 N–H and O–H groups in total. The van der Waals surface area contributed by atoms with Crippen molar-refractivity contribution in [2.75, 3.05) is 30.1 Å². The second kappa shape index (κ2) is 5.38. The van der Waals surface area contributed by atoms with Crippen LogP contribution in [0.15, 0.2) is 22.7 Å². The smallest absolute Gasteiger partial charge is 0.191 e. The van der Waals surface area contributed by atoms with Gasteiger partial charge in [0.2, 0.25) is 0 Å². The van der Waals surface area contributed by atoms with Gasteiger partial charge in [0.15, 0.2) is 5.16 Å². The first kappa shape index (κ1) is 12.7. The molecule has 3 rings (SSSR count). The maximum Gasteiger partial charge on any atom is 0.191 e. The summed E-state index contributed by atoms with van der Waals surface area (Å²) in [5, 5.41) is 6.10. The summed E-state index contributed by atoms with van der Waals surface area (Å²) in [5.74, 6) is 1.89. The maximum absolute atomic E-state index is 4.62. The number of thiophene rings is 1. The summed E-state index contributed by atoms with van der Waals surface area (Å²) in [7, 11) is 1.89. The Morgan fingerprint density at radius 1 is 1.42 bits per heavy atom. The van der Waals surface area contributed by atoms with Crippen molar-refractivity contribution in [2.45, 2.75) is 18.1 Å². The molecule has 0 saturated carbocycles. The van der Waals surface area contributed by atoms with Crippen molar-refractivity contribution >= 4 is 34.7 Å². The summed E-state index contributed by atoms with van der Waals surface area (Å²) in [6.07, 6.45) is 3.12. The van der Waals surface area contributed by atoms with Crippen LogP contribution >= 0.6 is 23.1 Å². The van der Waals surface area contributed by atoms with Crippen molar-refractivity contribution in [3.8, 4) is 0 Å². The molecule has 1 aliphatic rings. The zero-order chi connectivity index (χ0) is 13.2. The highest BCUT2D eigenvalue weighted by molar-refractivity contribution is 7.98. The van der Waals surface area contributed by atoms with Crippen molar-refractivity contribution in [1.82, 2.24) is 9.97 Å². The van der Waals surface area contributed by atoms with E-state index in [9.17, 15) is 0 Å². The van der Waals surface area contributed by atoms with Gasteiger partial charge in [0, 0.05) is 31.1 Å². The van der Waals surface area contributed by atoms with E-state index in [1.54, 1.807) is 11.8 Å². The Bertz CT molecular complexity index is 560. The second-order valence-electron chi connectivity index (χ2n) is 4.39. The van der Waals surface area contributed by atoms with Crippen LogP contribution in [-0.4, -0.2) is 29.8 Å². The van der Waals surface area contributed by atoms with Crippen LogP contribution in [0.5, 0.6) is 0 Å². The molecular formula is C13H16N4S2. The number of nitrogens with zero attached hydrogens (tertiary/aromatic N) is 3. The number of thioether (sulfide) groups is 1. The van der Waals surface area contributed by atoms with Gasteiger partial charge >= 0.3 is 0 Å². The number of hydrogen-bond acceptors (Lipinski definition) is 6. The minimum atomic E-state index is 0.818. The van der Waals surface area contributed by atoms with Gasteiger partial charge in [0.25, 0.3) is 0 Å². The quantitative estimate of drug-likeness (QED) is 0.696. The highest BCUT2D eigenvalue weighted by atomic mass is 32.2. The van der Waals surface area contributed by atoms with E-state index in [4.69, 9.17) is 0 Å². The largest absolute Gasteiger partial charge is 0.373 e. The first-order valence-corrected chi connectivity index (χ1v) is 8.31.